The Hall–Kier alpha value is -1.10. The van der Waals surface area contributed by atoms with Crippen molar-refractivity contribution in [3.05, 3.63) is 21.5 Å². The zero-order valence-electron chi connectivity index (χ0n) is 7.52. The van der Waals surface area contributed by atoms with Crippen LogP contribution in [0.15, 0.2) is 21.5 Å². The quantitative estimate of drug-likeness (QED) is 0.554. The number of ether oxygens (including phenoxy) is 1. The molecular weight excluding hydrogens is 250 g/mol. The van der Waals surface area contributed by atoms with Crippen molar-refractivity contribution in [3.8, 4) is 0 Å². The number of hydrogen-bond acceptors (Lipinski definition) is 4. The molecule has 1 heterocycles. The van der Waals surface area contributed by atoms with E-state index in [2.05, 4.69) is 21.2 Å². The average molecular weight is 258 g/mol. The number of methoxy groups -OCH3 is 1. The minimum absolute atomic E-state index is 0.229. The van der Waals surface area contributed by atoms with Crippen molar-refractivity contribution in [2.24, 2.45) is 0 Å². The highest BCUT2D eigenvalue weighted by molar-refractivity contribution is 9.12. The standard InChI is InChI=1S/C9H8BrNO3/c1-14-9-4-2-3-11-6(4)8(13)7(12)5(9)10/h11H,2-3H2,1H3. The summed E-state index contributed by atoms with van der Waals surface area (Å²) < 4.78 is 5.33. The van der Waals surface area contributed by atoms with Gasteiger partial charge in [-0.1, -0.05) is 0 Å². The van der Waals surface area contributed by atoms with Crippen molar-refractivity contribution < 1.29 is 14.3 Å². The van der Waals surface area contributed by atoms with Crippen LogP contribution in [-0.2, 0) is 14.3 Å². The summed E-state index contributed by atoms with van der Waals surface area (Å²) in [5.41, 5.74) is 1.19. The van der Waals surface area contributed by atoms with Crippen LogP contribution in [0, 0.1) is 0 Å². The lowest BCUT2D eigenvalue weighted by Crippen LogP contribution is -2.28. The molecule has 14 heavy (non-hydrogen) atoms. The van der Waals surface area contributed by atoms with Gasteiger partial charge in [-0.3, -0.25) is 9.59 Å². The lowest BCUT2D eigenvalue weighted by molar-refractivity contribution is -0.132. The minimum atomic E-state index is -0.546. The van der Waals surface area contributed by atoms with Gasteiger partial charge in [0.05, 0.1) is 12.8 Å². The summed E-state index contributed by atoms with van der Waals surface area (Å²) in [7, 11) is 1.49. The molecule has 0 aromatic carbocycles. The first-order chi connectivity index (χ1) is 6.66. The number of carbonyl (C=O) groups is 2. The highest BCUT2D eigenvalue weighted by Gasteiger charge is 2.36. The van der Waals surface area contributed by atoms with Crippen LogP contribution in [0.3, 0.4) is 0 Å². The number of hydrogen-bond donors (Lipinski definition) is 1. The van der Waals surface area contributed by atoms with E-state index in [0.717, 1.165) is 5.57 Å². The van der Waals surface area contributed by atoms with E-state index in [0.29, 0.717) is 24.4 Å². The van der Waals surface area contributed by atoms with E-state index in [-0.39, 0.29) is 4.48 Å². The van der Waals surface area contributed by atoms with Crippen LogP contribution < -0.4 is 5.32 Å². The van der Waals surface area contributed by atoms with E-state index in [1.807, 2.05) is 0 Å². The fourth-order valence-electron chi connectivity index (χ4n) is 1.65. The lowest BCUT2D eigenvalue weighted by Gasteiger charge is -2.15. The van der Waals surface area contributed by atoms with Crippen molar-refractivity contribution in [1.29, 1.82) is 0 Å². The highest BCUT2D eigenvalue weighted by atomic mass is 79.9. The summed E-state index contributed by atoms with van der Waals surface area (Å²) in [5.74, 6) is -0.547. The Kier molecular flexibility index (Phi) is 2.19. The normalized spacial score (nSPS) is 21.3. The van der Waals surface area contributed by atoms with Crippen molar-refractivity contribution >= 4 is 27.5 Å². The van der Waals surface area contributed by atoms with E-state index in [9.17, 15) is 9.59 Å². The molecule has 5 heteroatoms. The van der Waals surface area contributed by atoms with Crippen molar-refractivity contribution in [2.45, 2.75) is 6.42 Å². The Bertz CT molecular complexity index is 395. The molecule has 0 bridgehead atoms. The van der Waals surface area contributed by atoms with Crippen LogP contribution in [0.4, 0.5) is 0 Å². The molecule has 0 saturated carbocycles. The van der Waals surface area contributed by atoms with Crippen LogP contribution in [0.5, 0.6) is 0 Å². The van der Waals surface area contributed by atoms with Gasteiger partial charge in [0, 0.05) is 12.1 Å². The fraction of sp³-hybridized carbons (Fsp3) is 0.333. The molecule has 0 aromatic rings. The monoisotopic (exact) mass is 257 g/mol. The number of allylic oxidation sites excluding steroid dienone is 3. The number of halogens is 1. The van der Waals surface area contributed by atoms with Crippen LogP contribution >= 0.6 is 15.9 Å². The Morgan fingerprint density at radius 2 is 2.07 bits per heavy atom. The largest absolute Gasteiger partial charge is 0.495 e. The highest BCUT2D eigenvalue weighted by Crippen LogP contribution is 2.33. The molecule has 0 fully saturated rings. The average Bonchev–Trinajstić information content (AvgIpc) is 2.64. The summed E-state index contributed by atoms with van der Waals surface area (Å²) in [6.07, 6.45) is 0.715. The van der Waals surface area contributed by atoms with Crippen LogP contribution in [-0.4, -0.2) is 25.2 Å². The maximum atomic E-state index is 11.5. The van der Waals surface area contributed by atoms with E-state index in [4.69, 9.17) is 4.74 Å². The summed E-state index contributed by atoms with van der Waals surface area (Å²) in [4.78, 5) is 22.9. The van der Waals surface area contributed by atoms with Gasteiger partial charge >= 0.3 is 0 Å². The van der Waals surface area contributed by atoms with Gasteiger partial charge in [-0.25, -0.2) is 0 Å². The van der Waals surface area contributed by atoms with Gasteiger partial charge in [-0.05, 0) is 22.4 Å². The topological polar surface area (TPSA) is 55.4 Å². The van der Waals surface area contributed by atoms with Crippen molar-refractivity contribution in [3.63, 3.8) is 0 Å². The van der Waals surface area contributed by atoms with Gasteiger partial charge in [-0.2, -0.15) is 0 Å². The lowest BCUT2D eigenvalue weighted by atomic mass is 10.00. The minimum Gasteiger partial charge on any atom is -0.495 e. The Labute approximate surface area is 89.1 Å². The molecule has 2 rings (SSSR count). The zero-order chi connectivity index (χ0) is 10.3. The van der Waals surface area contributed by atoms with Gasteiger partial charge in [0.25, 0.3) is 0 Å². The molecule has 0 aromatic heterocycles. The molecule has 0 spiro atoms. The predicted octanol–water partition coefficient (Wildman–Crippen LogP) is 0.639. The Balaban J connectivity index is 2.57. The smallest absolute Gasteiger partial charge is 0.250 e. The van der Waals surface area contributed by atoms with Crippen molar-refractivity contribution in [2.75, 3.05) is 13.7 Å². The second-order valence-corrected chi connectivity index (χ2v) is 3.83. The van der Waals surface area contributed by atoms with Crippen LogP contribution in [0.2, 0.25) is 0 Å². The Morgan fingerprint density at radius 1 is 1.36 bits per heavy atom. The zero-order valence-corrected chi connectivity index (χ0v) is 9.10. The van der Waals surface area contributed by atoms with Gasteiger partial charge in [0.15, 0.2) is 0 Å². The number of ketones is 2. The first-order valence-corrected chi connectivity index (χ1v) is 4.96. The molecule has 74 valence electrons. The van der Waals surface area contributed by atoms with Gasteiger partial charge in [0.1, 0.15) is 10.2 Å². The van der Waals surface area contributed by atoms with Crippen LogP contribution in [0.25, 0.3) is 0 Å². The first-order valence-electron chi connectivity index (χ1n) is 4.17. The molecule has 4 nitrogen and oxygen atoms in total. The maximum Gasteiger partial charge on any atom is 0.250 e. The Morgan fingerprint density at radius 3 is 2.71 bits per heavy atom. The fourth-order valence-corrected chi connectivity index (χ4v) is 2.23. The first kappa shape index (κ1) is 9.45. The second-order valence-electron chi connectivity index (χ2n) is 3.04. The second kappa shape index (κ2) is 3.24. The number of nitrogens with one attached hydrogen (secondary N) is 1. The van der Waals surface area contributed by atoms with E-state index in [1.165, 1.54) is 7.11 Å². The summed E-state index contributed by atoms with van der Waals surface area (Å²) in [6, 6.07) is 0. The summed E-state index contributed by atoms with van der Waals surface area (Å²) in [6.45, 7) is 0.677. The van der Waals surface area contributed by atoms with Crippen LogP contribution in [0.1, 0.15) is 6.42 Å². The third kappa shape index (κ3) is 1.12. The van der Waals surface area contributed by atoms with Gasteiger partial charge in [0.2, 0.25) is 11.6 Å². The molecule has 1 aliphatic heterocycles. The molecule has 2 aliphatic rings. The number of carbonyl (C=O) groups excluding carboxylic acids is 2. The number of rotatable bonds is 1. The third-order valence-corrected chi connectivity index (χ3v) is 3.01. The number of Topliss-reactive ketones (excluding diaryl/α,β-unsaturated/α-hetero) is 2. The predicted molar refractivity (Wildman–Crippen MR) is 52.6 cm³/mol. The van der Waals surface area contributed by atoms with Gasteiger partial charge < -0.3 is 10.1 Å². The van der Waals surface area contributed by atoms with Gasteiger partial charge in [-0.15, -0.1) is 0 Å². The molecule has 1 N–H and O–H groups in total. The van der Waals surface area contributed by atoms with Crippen molar-refractivity contribution in [1.82, 2.24) is 5.32 Å². The van der Waals surface area contributed by atoms with E-state index in [1.54, 1.807) is 0 Å². The summed E-state index contributed by atoms with van der Waals surface area (Å²) >= 11 is 3.08. The van der Waals surface area contributed by atoms with E-state index >= 15 is 0 Å². The molecule has 0 unspecified atom stereocenters. The third-order valence-electron chi connectivity index (χ3n) is 2.29. The molecule has 0 atom stereocenters. The molecule has 1 aliphatic carbocycles. The molecule has 0 saturated heterocycles. The molecule has 0 amide bonds. The molecular formula is C9H8BrNO3. The summed E-state index contributed by atoms with van der Waals surface area (Å²) in [5, 5.41) is 2.90. The van der Waals surface area contributed by atoms with E-state index < -0.39 is 11.6 Å². The SMILES string of the molecule is COC1=C(Br)C(=O)C(=O)C2=C1CCN2. The molecule has 0 radical (unpaired) electrons. The maximum absolute atomic E-state index is 11.5.